The summed E-state index contributed by atoms with van der Waals surface area (Å²) in [4.78, 5) is 15.8. The maximum absolute atomic E-state index is 13.5. The highest BCUT2D eigenvalue weighted by atomic mass is 35.5. The molecule has 0 spiro atoms. The van der Waals surface area contributed by atoms with Gasteiger partial charge in [0.05, 0.1) is 24.3 Å². The third-order valence-corrected chi connectivity index (χ3v) is 7.68. The molecular weight excluding hydrogens is 457 g/mol. The molecule has 0 bridgehead atoms. The van der Waals surface area contributed by atoms with Gasteiger partial charge in [-0.1, -0.05) is 43.1 Å². The lowest BCUT2D eigenvalue weighted by molar-refractivity contribution is -0.118. The molecule has 0 saturated carbocycles. The standard InChI is InChI=1S/C27H27Cl2NO3/c1-27(2)13-22-26(23(31)14-27)18(15-5-6-19(28)20(29)9-15)11-21-17-12-25(33-4)24(32-3)10-16(17)7-8-30(21)22/h5-6,9-12,18H,7-8,13-14H2,1-4H3/t18-/m0/s1. The lowest BCUT2D eigenvalue weighted by Gasteiger charge is -2.46. The molecule has 2 aromatic carbocycles. The molecule has 0 amide bonds. The van der Waals surface area contributed by atoms with Crippen LogP contribution >= 0.6 is 23.2 Å². The summed E-state index contributed by atoms with van der Waals surface area (Å²) >= 11 is 12.6. The summed E-state index contributed by atoms with van der Waals surface area (Å²) in [6.07, 6.45) is 4.47. The van der Waals surface area contributed by atoms with Crippen molar-refractivity contribution in [1.29, 1.82) is 0 Å². The number of halogens is 2. The van der Waals surface area contributed by atoms with Crippen LogP contribution in [0.1, 0.15) is 49.3 Å². The molecule has 0 radical (unpaired) electrons. The van der Waals surface area contributed by atoms with E-state index in [4.69, 9.17) is 32.7 Å². The van der Waals surface area contributed by atoms with Crippen LogP contribution in [-0.4, -0.2) is 31.4 Å². The smallest absolute Gasteiger partial charge is 0.162 e. The topological polar surface area (TPSA) is 38.8 Å². The molecule has 0 unspecified atom stereocenters. The van der Waals surface area contributed by atoms with Gasteiger partial charge >= 0.3 is 0 Å². The average Bonchev–Trinajstić information content (AvgIpc) is 2.78. The predicted octanol–water partition coefficient (Wildman–Crippen LogP) is 6.65. The number of methoxy groups -OCH3 is 2. The highest BCUT2D eigenvalue weighted by Gasteiger charge is 2.42. The number of allylic oxidation sites excluding steroid dienone is 3. The second-order valence-electron chi connectivity index (χ2n) is 9.77. The Morgan fingerprint density at radius 2 is 1.73 bits per heavy atom. The number of hydrogen-bond acceptors (Lipinski definition) is 4. The van der Waals surface area contributed by atoms with E-state index in [1.54, 1.807) is 14.2 Å². The van der Waals surface area contributed by atoms with Gasteiger partial charge in [-0.2, -0.15) is 0 Å². The molecule has 0 N–H and O–H groups in total. The van der Waals surface area contributed by atoms with Gasteiger partial charge in [-0.25, -0.2) is 0 Å². The van der Waals surface area contributed by atoms with Crippen LogP contribution in [0.25, 0.3) is 5.70 Å². The van der Waals surface area contributed by atoms with Crippen LogP contribution in [0.15, 0.2) is 47.7 Å². The Morgan fingerprint density at radius 3 is 2.42 bits per heavy atom. The largest absolute Gasteiger partial charge is 0.493 e. The number of Topliss-reactive ketones (excluding diaryl/α,β-unsaturated/α-hetero) is 1. The number of fused-ring (bicyclic) bond motifs is 4. The van der Waals surface area contributed by atoms with Crippen LogP contribution in [-0.2, 0) is 11.2 Å². The zero-order chi connectivity index (χ0) is 23.5. The van der Waals surface area contributed by atoms with Gasteiger partial charge in [0.1, 0.15) is 0 Å². The van der Waals surface area contributed by atoms with Crippen molar-refractivity contribution in [3.63, 3.8) is 0 Å². The van der Waals surface area contributed by atoms with Crippen molar-refractivity contribution in [3.05, 3.63) is 74.4 Å². The third kappa shape index (κ3) is 3.74. The van der Waals surface area contributed by atoms with E-state index >= 15 is 0 Å². The first kappa shape index (κ1) is 22.4. The molecule has 5 rings (SSSR count). The van der Waals surface area contributed by atoms with Crippen LogP contribution in [0.2, 0.25) is 10.0 Å². The molecule has 33 heavy (non-hydrogen) atoms. The van der Waals surface area contributed by atoms with Crippen LogP contribution in [0.4, 0.5) is 0 Å². The molecule has 2 aromatic rings. The van der Waals surface area contributed by atoms with Gasteiger partial charge in [0.2, 0.25) is 0 Å². The first-order valence-corrected chi connectivity index (χ1v) is 11.9. The van der Waals surface area contributed by atoms with E-state index in [0.29, 0.717) is 22.2 Å². The van der Waals surface area contributed by atoms with Gasteiger partial charge < -0.3 is 14.4 Å². The number of ether oxygens (including phenoxy) is 2. The van der Waals surface area contributed by atoms with E-state index < -0.39 is 0 Å². The molecular formula is C27H27Cl2NO3. The second-order valence-corrected chi connectivity index (χ2v) is 10.6. The molecule has 1 aliphatic carbocycles. The zero-order valence-electron chi connectivity index (χ0n) is 19.3. The van der Waals surface area contributed by atoms with Gasteiger partial charge in [0.25, 0.3) is 0 Å². The second kappa shape index (κ2) is 8.11. The molecule has 4 nitrogen and oxygen atoms in total. The minimum atomic E-state index is -0.177. The van der Waals surface area contributed by atoms with E-state index in [0.717, 1.165) is 53.2 Å². The molecule has 6 heteroatoms. The third-order valence-electron chi connectivity index (χ3n) is 6.94. The van der Waals surface area contributed by atoms with E-state index in [9.17, 15) is 4.79 Å². The predicted molar refractivity (Wildman–Crippen MR) is 132 cm³/mol. The Morgan fingerprint density at radius 1 is 1.00 bits per heavy atom. The summed E-state index contributed by atoms with van der Waals surface area (Å²) in [5, 5.41) is 1.01. The first-order valence-electron chi connectivity index (χ1n) is 11.2. The molecule has 1 atom stereocenters. The van der Waals surface area contributed by atoms with Crippen LogP contribution in [0.5, 0.6) is 11.5 Å². The summed E-state index contributed by atoms with van der Waals surface area (Å²) in [5.74, 6) is 1.47. The highest BCUT2D eigenvalue weighted by molar-refractivity contribution is 6.42. The lowest BCUT2D eigenvalue weighted by Crippen LogP contribution is -2.40. The van der Waals surface area contributed by atoms with E-state index in [1.807, 2.05) is 18.2 Å². The molecule has 0 saturated heterocycles. The summed E-state index contributed by atoms with van der Waals surface area (Å²) in [5.41, 5.74) is 6.35. The lowest BCUT2D eigenvalue weighted by atomic mass is 9.69. The fraction of sp³-hybridized carbons (Fsp3) is 0.370. The molecule has 2 aliphatic heterocycles. The summed E-state index contributed by atoms with van der Waals surface area (Å²) in [6.45, 7) is 5.17. The van der Waals surface area contributed by atoms with Crippen LogP contribution in [0.3, 0.4) is 0 Å². The number of benzene rings is 2. The Bertz CT molecular complexity index is 1230. The van der Waals surface area contributed by atoms with E-state index in [1.165, 1.54) is 5.56 Å². The highest BCUT2D eigenvalue weighted by Crippen LogP contribution is 2.51. The molecule has 0 aromatic heterocycles. The van der Waals surface area contributed by atoms with Crippen molar-refractivity contribution in [1.82, 2.24) is 4.90 Å². The van der Waals surface area contributed by atoms with Crippen molar-refractivity contribution >= 4 is 34.7 Å². The summed E-state index contributed by atoms with van der Waals surface area (Å²) < 4.78 is 11.2. The molecule has 0 fully saturated rings. The minimum absolute atomic E-state index is 0.0849. The summed E-state index contributed by atoms with van der Waals surface area (Å²) in [7, 11) is 3.31. The fourth-order valence-electron chi connectivity index (χ4n) is 5.43. The molecule has 3 aliphatic rings. The van der Waals surface area contributed by atoms with Crippen LogP contribution in [0, 0.1) is 5.41 Å². The van der Waals surface area contributed by atoms with E-state index in [2.05, 4.69) is 37.0 Å². The van der Waals surface area contributed by atoms with Crippen molar-refractivity contribution in [3.8, 4) is 11.5 Å². The number of hydrogen-bond donors (Lipinski definition) is 0. The van der Waals surface area contributed by atoms with Crippen LogP contribution < -0.4 is 9.47 Å². The average molecular weight is 484 g/mol. The van der Waals surface area contributed by atoms with Crippen molar-refractivity contribution in [2.45, 2.75) is 39.0 Å². The van der Waals surface area contributed by atoms with Crippen molar-refractivity contribution in [2.75, 3.05) is 20.8 Å². The summed E-state index contributed by atoms with van der Waals surface area (Å²) in [6, 6.07) is 9.79. The maximum Gasteiger partial charge on any atom is 0.162 e. The monoisotopic (exact) mass is 483 g/mol. The van der Waals surface area contributed by atoms with E-state index in [-0.39, 0.29) is 17.1 Å². The maximum atomic E-state index is 13.5. The Hall–Kier alpha value is -2.43. The van der Waals surface area contributed by atoms with Gasteiger partial charge in [0.15, 0.2) is 17.3 Å². The number of carbonyl (C=O) groups is 1. The van der Waals surface area contributed by atoms with Crippen molar-refractivity contribution in [2.24, 2.45) is 5.41 Å². The normalized spacial score (nSPS) is 21.2. The Labute approximate surface area is 204 Å². The fourth-order valence-corrected chi connectivity index (χ4v) is 5.74. The minimum Gasteiger partial charge on any atom is -0.493 e. The SMILES string of the molecule is COc1cc2c(cc1OC)C1=C[C@@H](c3ccc(Cl)c(Cl)c3)C3=C(CC(C)(C)CC3=O)N1CC2. The first-order chi connectivity index (χ1) is 15.7. The molecule has 172 valence electrons. The number of carbonyl (C=O) groups excluding carboxylic acids is 1. The zero-order valence-corrected chi connectivity index (χ0v) is 20.8. The van der Waals surface area contributed by atoms with Crippen molar-refractivity contribution < 1.29 is 14.3 Å². The Balaban J connectivity index is 1.72. The molecule has 2 heterocycles. The number of ketones is 1. The Kier molecular flexibility index (Phi) is 5.49. The number of rotatable bonds is 3. The van der Waals surface area contributed by atoms with Gasteiger partial charge in [0, 0.05) is 41.4 Å². The van der Waals surface area contributed by atoms with Gasteiger partial charge in [-0.15, -0.1) is 0 Å². The number of nitrogens with zero attached hydrogens (tertiary/aromatic N) is 1. The van der Waals surface area contributed by atoms with Gasteiger partial charge in [-0.3, -0.25) is 4.79 Å². The van der Waals surface area contributed by atoms with Gasteiger partial charge in [-0.05, 0) is 59.7 Å². The quantitative estimate of drug-likeness (QED) is 0.489.